The van der Waals surface area contributed by atoms with E-state index in [9.17, 15) is 9.90 Å². The molecular weight excluding hydrogens is 502 g/mol. The molecule has 4 rings (SSSR count). The number of rotatable bonds is 9. The van der Waals surface area contributed by atoms with Crippen LogP contribution in [0.1, 0.15) is 5.56 Å². The molecule has 0 saturated heterocycles. The molecule has 1 heterocycles. The monoisotopic (exact) mass is 523 g/mol. The van der Waals surface area contributed by atoms with Gasteiger partial charge in [-0.15, -0.1) is 5.10 Å². The molecule has 0 atom stereocenters. The number of amides is 1. The number of benzene rings is 3. The van der Waals surface area contributed by atoms with Crippen LogP contribution in [0, 0.1) is 0 Å². The molecule has 11 heteroatoms. The van der Waals surface area contributed by atoms with E-state index in [4.69, 9.17) is 21.1 Å². The number of hydrazone groups is 1. The average molecular weight is 524 g/mol. The van der Waals surface area contributed by atoms with E-state index in [0.29, 0.717) is 15.7 Å². The van der Waals surface area contributed by atoms with Crippen LogP contribution in [0.25, 0.3) is 17.1 Å². The zero-order valence-electron chi connectivity index (χ0n) is 19.4. The van der Waals surface area contributed by atoms with Crippen molar-refractivity contribution in [3.63, 3.8) is 0 Å². The van der Waals surface area contributed by atoms with Gasteiger partial charge in [0.15, 0.2) is 0 Å². The van der Waals surface area contributed by atoms with E-state index in [1.54, 1.807) is 12.1 Å². The number of hydrogen-bond acceptors (Lipinski definition) is 7. The molecule has 9 nitrogen and oxygen atoms in total. The number of nitrogens with zero attached hydrogens (tertiary/aromatic N) is 3. The molecule has 1 aromatic heterocycles. The van der Waals surface area contributed by atoms with Crippen molar-refractivity contribution in [2.24, 2.45) is 5.10 Å². The lowest BCUT2D eigenvalue weighted by atomic mass is 10.2. The van der Waals surface area contributed by atoms with Crippen LogP contribution in [0.3, 0.4) is 0 Å². The Hall–Kier alpha value is -4.02. The van der Waals surface area contributed by atoms with E-state index >= 15 is 0 Å². The van der Waals surface area contributed by atoms with Crippen LogP contribution in [0.2, 0.25) is 5.02 Å². The quantitative estimate of drug-likeness (QED) is 0.150. The SMILES string of the molecule is COc1cc(C=NNC(=O)CSc2n[nH]c(-c3ccccc3)[n+]2-c2ccc(Cl)cc2)cc(OC)c1[O-]. The Labute approximate surface area is 216 Å². The number of ether oxygens (including phenoxy) is 2. The lowest BCUT2D eigenvalue weighted by Crippen LogP contribution is -2.34. The van der Waals surface area contributed by atoms with E-state index in [-0.39, 0.29) is 28.9 Å². The smallest absolute Gasteiger partial charge is 0.342 e. The van der Waals surface area contributed by atoms with Gasteiger partial charge in [0.2, 0.25) is 0 Å². The van der Waals surface area contributed by atoms with Gasteiger partial charge in [-0.05, 0) is 66.0 Å². The highest BCUT2D eigenvalue weighted by molar-refractivity contribution is 7.99. The molecule has 0 unspecified atom stereocenters. The van der Waals surface area contributed by atoms with Crippen LogP contribution in [0.15, 0.2) is 77.0 Å². The van der Waals surface area contributed by atoms with Crippen LogP contribution in [-0.4, -0.2) is 42.3 Å². The lowest BCUT2D eigenvalue weighted by molar-refractivity contribution is -0.625. The fourth-order valence-electron chi connectivity index (χ4n) is 3.33. The minimum absolute atomic E-state index is 0.0656. The van der Waals surface area contributed by atoms with Crippen LogP contribution in [-0.2, 0) is 4.79 Å². The van der Waals surface area contributed by atoms with Gasteiger partial charge in [0.05, 0.1) is 36.8 Å². The number of H-pyrrole nitrogens is 1. The van der Waals surface area contributed by atoms with Gasteiger partial charge in [0, 0.05) is 10.6 Å². The Morgan fingerprint density at radius 1 is 1.14 bits per heavy atom. The Morgan fingerprint density at radius 3 is 2.44 bits per heavy atom. The summed E-state index contributed by atoms with van der Waals surface area (Å²) in [5.41, 5.74) is 4.81. The predicted molar refractivity (Wildman–Crippen MR) is 136 cm³/mol. The molecule has 4 aromatic rings. The van der Waals surface area contributed by atoms with Gasteiger partial charge in [-0.3, -0.25) is 4.79 Å². The number of carbonyl (C=O) groups is 1. The fraction of sp³-hybridized carbons (Fsp3) is 0.120. The Bertz CT molecular complexity index is 1350. The van der Waals surface area contributed by atoms with E-state index in [1.807, 2.05) is 47.0 Å². The molecule has 0 spiro atoms. The molecule has 184 valence electrons. The third-order valence-electron chi connectivity index (χ3n) is 5.02. The number of aromatic amines is 1. The number of halogens is 1. The molecule has 3 aromatic carbocycles. The summed E-state index contributed by atoms with van der Waals surface area (Å²) >= 11 is 7.32. The number of hydrogen-bond donors (Lipinski definition) is 2. The molecule has 1 amide bonds. The maximum absolute atomic E-state index is 12.5. The summed E-state index contributed by atoms with van der Waals surface area (Å²) in [5, 5.41) is 24.7. The van der Waals surface area contributed by atoms with Gasteiger partial charge in [0.25, 0.3) is 11.7 Å². The Morgan fingerprint density at radius 2 is 1.81 bits per heavy atom. The van der Waals surface area contributed by atoms with Crippen molar-refractivity contribution in [1.82, 2.24) is 15.6 Å². The molecule has 2 N–H and O–H groups in total. The maximum Gasteiger partial charge on any atom is 0.342 e. The fourth-order valence-corrected chi connectivity index (χ4v) is 4.22. The highest BCUT2D eigenvalue weighted by Gasteiger charge is 2.24. The maximum atomic E-state index is 12.5. The third kappa shape index (κ3) is 5.78. The zero-order chi connectivity index (χ0) is 25.5. The van der Waals surface area contributed by atoms with Crippen molar-refractivity contribution in [2.75, 3.05) is 20.0 Å². The first-order chi connectivity index (χ1) is 17.5. The lowest BCUT2D eigenvalue weighted by Gasteiger charge is -2.17. The topological polar surface area (TPSA) is 116 Å². The van der Waals surface area contributed by atoms with Crippen molar-refractivity contribution < 1.29 is 23.9 Å². The van der Waals surface area contributed by atoms with Gasteiger partial charge in [-0.2, -0.15) is 9.67 Å². The van der Waals surface area contributed by atoms with E-state index in [1.165, 1.54) is 44.3 Å². The second-order valence-electron chi connectivity index (χ2n) is 7.37. The number of methoxy groups -OCH3 is 2. The molecule has 0 bridgehead atoms. The summed E-state index contributed by atoms with van der Waals surface area (Å²) < 4.78 is 12.1. The summed E-state index contributed by atoms with van der Waals surface area (Å²) in [6, 6.07) is 20.1. The summed E-state index contributed by atoms with van der Waals surface area (Å²) in [4.78, 5) is 12.5. The van der Waals surface area contributed by atoms with Crippen LogP contribution in [0.5, 0.6) is 17.2 Å². The number of nitrogens with one attached hydrogen (secondary N) is 2. The molecule has 0 aliphatic carbocycles. The zero-order valence-corrected chi connectivity index (χ0v) is 21.0. The first-order valence-electron chi connectivity index (χ1n) is 10.7. The normalized spacial score (nSPS) is 11.0. The van der Waals surface area contributed by atoms with Crippen molar-refractivity contribution in [3.8, 4) is 34.3 Å². The van der Waals surface area contributed by atoms with Gasteiger partial charge >= 0.3 is 5.16 Å². The first-order valence-corrected chi connectivity index (χ1v) is 12.1. The number of carbonyl (C=O) groups excluding carboxylic acids is 1. The van der Waals surface area contributed by atoms with Gasteiger partial charge < -0.3 is 14.6 Å². The van der Waals surface area contributed by atoms with E-state index in [2.05, 4.69) is 20.7 Å². The summed E-state index contributed by atoms with van der Waals surface area (Å²) in [6.45, 7) is 0. The molecule has 36 heavy (non-hydrogen) atoms. The van der Waals surface area contributed by atoms with Crippen molar-refractivity contribution in [2.45, 2.75) is 5.16 Å². The summed E-state index contributed by atoms with van der Waals surface area (Å²) in [6.07, 6.45) is 1.41. The molecular formula is C25H22ClN5O4S. The molecule has 0 aliphatic heterocycles. The van der Waals surface area contributed by atoms with Crippen LogP contribution >= 0.6 is 23.4 Å². The third-order valence-corrected chi connectivity index (χ3v) is 6.21. The standard InChI is InChI=1S/C25H22ClN5O4S/c1-34-20-12-16(13-21(35-2)23(20)33)14-27-28-22(32)15-36-25-30-29-24(17-6-4-3-5-7-17)31(25)19-10-8-18(26)9-11-19/h3-14H,15H2,1-2H3,(H2,27,28,32,33). The van der Waals surface area contributed by atoms with E-state index in [0.717, 1.165) is 17.1 Å². The highest BCUT2D eigenvalue weighted by atomic mass is 35.5. The second kappa shape index (κ2) is 11.6. The Balaban J connectivity index is 1.48. The van der Waals surface area contributed by atoms with Crippen LogP contribution in [0.4, 0.5) is 0 Å². The van der Waals surface area contributed by atoms with Gasteiger partial charge in [-0.1, -0.05) is 29.8 Å². The molecule has 0 aliphatic rings. The van der Waals surface area contributed by atoms with Crippen molar-refractivity contribution >= 4 is 35.5 Å². The number of thioether (sulfide) groups is 1. The minimum atomic E-state index is -0.361. The van der Waals surface area contributed by atoms with Crippen molar-refractivity contribution in [3.05, 3.63) is 77.3 Å². The molecule has 0 saturated carbocycles. The highest BCUT2D eigenvalue weighted by Crippen LogP contribution is 2.34. The average Bonchev–Trinajstić information content (AvgIpc) is 3.33. The van der Waals surface area contributed by atoms with E-state index < -0.39 is 0 Å². The summed E-state index contributed by atoms with van der Waals surface area (Å²) in [7, 11) is 2.79. The second-order valence-corrected chi connectivity index (χ2v) is 8.75. The Kier molecular flexibility index (Phi) is 8.09. The largest absolute Gasteiger partial charge is 0.867 e. The van der Waals surface area contributed by atoms with Crippen molar-refractivity contribution in [1.29, 1.82) is 0 Å². The molecule has 0 fully saturated rings. The minimum Gasteiger partial charge on any atom is -0.867 e. The molecule has 0 radical (unpaired) electrons. The number of aromatic nitrogens is 3. The predicted octanol–water partition coefficient (Wildman–Crippen LogP) is 3.34. The van der Waals surface area contributed by atoms with Gasteiger partial charge in [0.1, 0.15) is 17.2 Å². The van der Waals surface area contributed by atoms with Gasteiger partial charge in [-0.25, -0.2) is 5.43 Å². The first kappa shape index (κ1) is 25.1. The summed E-state index contributed by atoms with van der Waals surface area (Å²) in [5.74, 6) is 0.386. The van der Waals surface area contributed by atoms with Crippen LogP contribution < -0.4 is 24.6 Å².